The summed E-state index contributed by atoms with van der Waals surface area (Å²) in [4.78, 5) is 12.7. The number of benzene rings is 2. The molecule has 1 N–H and O–H groups in total. The van der Waals surface area contributed by atoms with E-state index in [0.717, 1.165) is 15.6 Å². The fourth-order valence-electron chi connectivity index (χ4n) is 1.56. The lowest BCUT2D eigenvalue weighted by molar-refractivity contribution is -0.115. The Morgan fingerprint density at radius 2 is 1.74 bits per heavy atom. The number of rotatable bonds is 5. The van der Waals surface area contributed by atoms with Gasteiger partial charge in [-0.05, 0) is 24.3 Å². The van der Waals surface area contributed by atoms with Gasteiger partial charge in [0.2, 0.25) is 5.91 Å². The van der Waals surface area contributed by atoms with Crippen molar-refractivity contribution in [3.63, 3.8) is 0 Å². The summed E-state index contributed by atoms with van der Waals surface area (Å²) in [7, 11) is 0. The number of hydrogen-bond donors (Lipinski definition) is 1. The Kier molecular flexibility index (Phi) is 5.31. The molecule has 0 radical (unpaired) electrons. The molecular formula is C15H14ClNOS. The number of thioether (sulfide) groups is 1. The number of para-hydroxylation sites is 1. The van der Waals surface area contributed by atoms with Crippen molar-refractivity contribution in [1.82, 2.24) is 0 Å². The fourth-order valence-corrected chi connectivity index (χ4v) is 2.75. The molecule has 0 atom stereocenters. The van der Waals surface area contributed by atoms with Gasteiger partial charge in [0, 0.05) is 22.8 Å². The summed E-state index contributed by atoms with van der Waals surface area (Å²) in [6.07, 6.45) is 0.463. The van der Waals surface area contributed by atoms with Crippen LogP contribution < -0.4 is 5.32 Å². The zero-order valence-corrected chi connectivity index (χ0v) is 11.9. The first-order valence-electron chi connectivity index (χ1n) is 5.98. The van der Waals surface area contributed by atoms with E-state index in [-0.39, 0.29) is 5.91 Å². The summed E-state index contributed by atoms with van der Waals surface area (Å²) in [5.74, 6) is 0.730. The summed E-state index contributed by atoms with van der Waals surface area (Å²) in [6.45, 7) is 0. The van der Waals surface area contributed by atoms with Gasteiger partial charge in [-0.25, -0.2) is 0 Å². The van der Waals surface area contributed by atoms with Crippen molar-refractivity contribution in [2.45, 2.75) is 11.3 Å². The second-order valence-electron chi connectivity index (χ2n) is 3.94. The highest BCUT2D eigenvalue weighted by Gasteiger charge is 2.04. The maximum absolute atomic E-state index is 11.7. The van der Waals surface area contributed by atoms with Gasteiger partial charge in [0.25, 0.3) is 0 Å². The summed E-state index contributed by atoms with van der Waals surface area (Å²) in [6, 6.07) is 17.1. The number of carbonyl (C=O) groups excluding carboxylic acids is 1. The van der Waals surface area contributed by atoms with Crippen LogP contribution in [0.5, 0.6) is 0 Å². The number of nitrogens with one attached hydrogen (secondary N) is 1. The third kappa shape index (κ3) is 4.62. The molecule has 0 aliphatic rings. The van der Waals surface area contributed by atoms with E-state index in [1.54, 1.807) is 11.8 Å². The number of anilines is 1. The lowest BCUT2D eigenvalue weighted by Gasteiger charge is -2.05. The lowest BCUT2D eigenvalue weighted by atomic mass is 10.3. The Bertz CT molecular complexity index is 545. The molecule has 0 aliphatic heterocycles. The fraction of sp³-hybridized carbons (Fsp3) is 0.133. The quantitative estimate of drug-likeness (QED) is 0.824. The number of halogens is 1. The summed E-state index contributed by atoms with van der Waals surface area (Å²) in [5.41, 5.74) is 0.829. The van der Waals surface area contributed by atoms with Crippen LogP contribution in [0.4, 0.5) is 5.69 Å². The minimum atomic E-state index is 0.0192. The van der Waals surface area contributed by atoms with Crippen molar-refractivity contribution < 1.29 is 4.79 Å². The van der Waals surface area contributed by atoms with E-state index >= 15 is 0 Å². The average molecular weight is 292 g/mol. The minimum Gasteiger partial charge on any atom is -0.326 e. The predicted octanol–water partition coefficient (Wildman–Crippen LogP) is 4.46. The number of carbonyl (C=O) groups is 1. The molecule has 2 aromatic rings. The molecule has 0 heterocycles. The molecule has 0 fully saturated rings. The third-order valence-corrected chi connectivity index (χ3v) is 4.00. The molecule has 2 aromatic carbocycles. The Hall–Kier alpha value is -1.45. The van der Waals surface area contributed by atoms with Gasteiger partial charge in [-0.3, -0.25) is 4.79 Å². The highest BCUT2D eigenvalue weighted by molar-refractivity contribution is 7.99. The van der Waals surface area contributed by atoms with Crippen LogP contribution in [0.2, 0.25) is 5.02 Å². The zero-order chi connectivity index (χ0) is 13.5. The Morgan fingerprint density at radius 1 is 1.05 bits per heavy atom. The maximum Gasteiger partial charge on any atom is 0.225 e. The maximum atomic E-state index is 11.7. The van der Waals surface area contributed by atoms with Gasteiger partial charge in [0.1, 0.15) is 0 Å². The van der Waals surface area contributed by atoms with Gasteiger partial charge in [-0.15, -0.1) is 11.8 Å². The van der Waals surface area contributed by atoms with Crippen molar-refractivity contribution in [3.05, 3.63) is 59.6 Å². The first-order valence-corrected chi connectivity index (χ1v) is 7.34. The molecule has 4 heteroatoms. The number of amides is 1. The minimum absolute atomic E-state index is 0.0192. The van der Waals surface area contributed by atoms with Gasteiger partial charge >= 0.3 is 0 Å². The van der Waals surface area contributed by atoms with Gasteiger partial charge in [0.15, 0.2) is 0 Å². The smallest absolute Gasteiger partial charge is 0.225 e. The topological polar surface area (TPSA) is 29.1 Å². The predicted molar refractivity (Wildman–Crippen MR) is 81.9 cm³/mol. The van der Waals surface area contributed by atoms with Gasteiger partial charge in [0.05, 0.1) is 5.02 Å². The Balaban J connectivity index is 1.77. The van der Waals surface area contributed by atoms with Crippen LogP contribution in [-0.4, -0.2) is 11.7 Å². The van der Waals surface area contributed by atoms with Crippen LogP contribution in [0.1, 0.15) is 6.42 Å². The van der Waals surface area contributed by atoms with Crippen molar-refractivity contribution in [3.8, 4) is 0 Å². The van der Waals surface area contributed by atoms with Crippen molar-refractivity contribution in [2.75, 3.05) is 11.1 Å². The molecule has 0 saturated heterocycles. The van der Waals surface area contributed by atoms with Crippen LogP contribution in [0.15, 0.2) is 59.5 Å². The average Bonchev–Trinajstić information content (AvgIpc) is 2.42. The van der Waals surface area contributed by atoms with Crippen molar-refractivity contribution in [2.24, 2.45) is 0 Å². The number of hydrogen-bond acceptors (Lipinski definition) is 2. The zero-order valence-electron chi connectivity index (χ0n) is 10.3. The molecule has 98 valence electrons. The van der Waals surface area contributed by atoms with Gasteiger partial charge in [-0.2, -0.15) is 0 Å². The van der Waals surface area contributed by atoms with E-state index in [4.69, 9.17) is 11.6 Å². The van der Waals surface area contributed by atoms with Crippen LogP contribution in [0.3, 0.4) is 0 Å². The Labute approximate surface area is 122 Å². The summed E-state index contributed by atoms with van der Waals surface area (Å²) >= 11 is 7.64. The standard InChI is InChI=1S/C15H14ClNOS/c16-13-8-4-5-9-14(13)19-11-10-15(18)17-12-6-2-1-3-7-12/h1-9H,10-11H2,(H,17,18). The van der Waals surface area contributed by atoms with Crippen LogP contribution in [0, 0.1) is 0 Å². The molecule has 0 aliphatic carbocycles. The molecule has 19 heavy (non-hydrogen) atoms. The second kappa shape index (κ2) is 7.22. The summed E-state index contributed by atoms with van der Waals surface area (Å²) in [5, 5.41) is 3.59. The second-order valence-corrected chi connectivity index (χ2v) is 5.49. The normalized spacial score (nSPS) is 10.2. The molecular weight excluding hydrogens is 278 g/mol. The highest BCUT2D eigenvalue weighted by atomic mass is 35.5. The molecule has 0 spiro atoms. The first kappa shape index (κ1) is 14.0. The first-order chi connectivity index (χ1) is 9.25. The third-order valence-electron chi connectivity index (χ3n) is 2.48. The van der Waals surface area contributed by atoms with E-state index in [2.05, 4.69) is 5.32 Å². The lowest BCUT2D eigenvalue weighted by Crippen LogP contribution is -2.11. The molecule has 1 amide bonds. The van der Waals surface area contributed by atoms with Gasteiger partial charge < -0.3 is 5.32 Å². The van der Waals surface area contributed by atoms with E-state index < -0.39 is 0 Å². The van der Waals surface area contributed by atoms with E-state index in [9.17, 15) is 4.79 Å². The van der Waals surface area contributed by atoms with Crippen LogP contribution in [-0.2, 0) is 4.79 Å². The van der Waals surface area contributed by atoms with E-state index in [1.165, 1.54) is 0 Å². The molecule has 0 unspecified atom stereocenters. The van der Waals surface area contributed by atoms with Crippen molar-refractivity contribution >= 4 is 35.0 Å². The Morgan fingerprint density at radius 3 is 2.47 bits per heavy atom. The molecule has 2 rings (SSSR count). The van der Waals surface area contributed by atoms with E-state index in [0.29, 0.717) is 12.2 Å². The molecule has 2 nitrogen and oxygen atoms in total. The van der Waals surface area contributed by atoms with Crippen molar-refractivity contribution in [1.29, 1.82) is 0 Å². The molecule has 0 saturated carbocycles. The monoisotopic (exact) mass is 291 g/mol. The van der Waals surface area contributed by atoms with E-state index in [1.807, 2.05) is 54.6 Å². The van der Waals surface area contributed by atoms with Gasteiger partial charge in [-0.1, -0.05) is 41.9 Å². The van der Waals surface area contributed by atoms with Crippen LogP contribution in [0.25, 0.3) is 0 Å². The highest BCUT2D eigenvalue weighted by Crippen LogP contribution is 2.26. The SMILES string of the molecule is O=C(CCSc1ccccc1Cl)Nc1ccccc1. The van der Waals surface area contributed by atoms with Crippen LogP contribution >= 0.6 is 23.4 Å². The molecule has 0 aromatic heterocycles. The summed E-state index contributed by atoms with van der Waals surface area (Å²) < 4.78 is 0. The molecule has 0 bridgehead atoms. The largest absolute Gasteiger partial charge is 0.326 e.